The van der Waals surface area contributed by atoms with E-state index in [0.29, 0.717) is 32.0 Å². The van der Waals surface area contributed by atoms with Gasteiger partial charge in [-0.2, -0.15) is 0 Å². The van der Waals surface area contributed by atoms with Crippen molar-refractivity contribution in [2.75, 3.05) is 44.6 Å². The summed E-state index contributed by atoms with van der Waals surface area (Å²) in [6.07, 6.45) is 4.41. The molecular weight excluding hydrogens is 556 g/mol. The molecule has 0 unspecified atom stereocenters. The van der Waals surface area contributed by atoms with Gasteiger partial charge in [0.05, 0.1) is 11.5 Å². The molecule has 0 spiro atoms. The molecule has 0 atom stereocenters. The van der Waals surface area contributed by atoms with Gasteiger partial charge in [0, 0.05) is 49.9 Å². The fourth-order valence-corrected chi connectivity index (χ4v) is 5.97. The molecule has 3 aromatic carbocycles. The third-order valence-electron chi connectivity index (χ3n) is 8.51. The molecule has 1 amide bonds. The first kappa shape index (κ1) is 31.3. The summed E-state index contributed by atoms with van der Waals surface area (Å²) in [5.74, 6) is 3.00. The summed E-state index contributed by atoms with van der Waals surface area (Å²) in [4.78, 5) is 28.4. The molecule has 234 valence electrons. The number of anilines is 1. The van der Waals surface area contributed by atoms with E-state index in [-0.39, 0.29) is 29.3 Å². The smallest absolute Gasteiger partial charge is 0.311 e. The highest BCUT2D eigenvalue weighted by molar-refractivity contribution is 5.76. The average molecular weight is 601 g/mol. The highest BCUT2D eigenvalue weighted by Crippen LogP contribution is 2.32. The lowest BCUT2D eigenvalue weighted by atomic mass is 9.89. The van der Waals surface area contributed by atoms with Crippen molar-refractivity contribution in [3.63, 3.8) is 0 Å². The lowest BCUT2D eigenvalue weighted by Crippen LogP contribution is -2.43. The van der Waals surface area contributed by atoms with Crippen LogP contribution in [0.5, 0.6) is 17.2 Å². The summed E-state index contributed by atoms with van der Waals surface area (Å²) < 4.78 is 11.7. The molecule has 3 aromatic rings. The Morgan fingerprint density at radius 3 is 2.27 bits per heavy atom. The molecule has 2 aliphatic rings. The Morgan fingerprint density at radius 1 is 0.932 bits per heavy atom. The molecule has 0 aliphatic carbocycles. The Hall–Kier alpha value is -4.11. The van der Waals surface area contributed by atoms with E-state index in [4.69, 9.17) is 9.47 Å². The Kier molecular flexibility index (Phi) is 10.7. The lowest BCUT2D eigenvalue weighted by molar-refractivity contribution is -0.385. The molecule has 44 heavy (non-hydrogen) atoms. The molecule has 9 nitrogen and oxygen atoms in total. The molecule has 2 fully saturated rings. The first-order valence-corrected chi connectivity index (χ1v) is 15.8. The number of carbonyl (C=O) groups excluding carboxylic acids is 1. The quantitative estimate of drug-likeness (QED) is 0.175. The Labute approximate surface area is 260 Å². The van der Waals surface area contributed by atoms with Crippen molar-refractivity contribution in [1.29, 1.82) is 0 Å². The first-order chi connectivity index (χ1) is 21.3. The maximum Gasteiger partial charge on any atom is 0.311 e. The summed E-state index contributed by atoms with van der Waals surface area (Å²) in [6, 6.07) is 23.5. The van der Waals surface area contributed by atoms with Crippen molar-refractivity contribution in [2.45, 2.75) is 57.9 Å². The van der Waals surface area contributed by atoms with Crippen molar-refractivity contribution in [3.8, 4) is 17.2 Å². The fourth-order valence-electron chi connectivity index (χ4n) is 5.97. The molecule has 0 bridgehead atoms. The van der Waals surface area contributed by atoms with Crippen LogP contribution < -0.4 is 14.8 Å². The Balaban J connectivity index is 1.01. The van der Waals surface area contributed by atoms with Crippen LogP contribution in [0, 0.1) is 16.0 Å². The maximum atomic E-state index is 13.0. The number of ether oxygens (including phenoxy) is 2. The molecule has 0 radical (unpaired) electrons. The van der Waals surface area contributed by atoms with E-state index >= 15 is 0 Å². The van der Waals surface area contributed by atoms with Gasteiger partial charge >= 0.3 is 5.69 Å². The van der Waals surface area contributed by atoms with Crippen molar-refractivity contribution < 1.29 is 19.2 Å². The highest BCUT2D eigenvalue weighted by atomic mass is 16.6. The third kappa shape index (κ3) is 8.72. The SMILES string of the molecule is CC(C)COc1cc(NC2CCN(C(=O)CCN3CCC(c4ccc(Oc5ccccc5)cc4)CC3)CC2)ccc1[N+](=O)[O-]. The van der Waals surface area contributed by atoms with Crippen molar-refractivity contribution in [2.24, 2.45) is 5.92 Å². The Bertz CT molecular complexity index is 1370. The summed E-state index contributed by atoms with van der Waals surface area (Å²) >= 11 is 0. The van der Waals surface area contributed by atoms with Gasteiger partial charge in [-0.3, -0.25) is 14.9 Å². The van der Waals surface area contributed by atoms with E-state index < -0.39 is 4.92 Å². The van der Waals surface area contributed by atoms with E-state index in [2.05, 4.69) is 34.5 Å². The number of likely N-dealkylation sites (tertiary alicyclic amines) is 2. The van der Waals surface area contributed by atoms with Crippen molar-refractivity contribution >= 4 is 17.3 Å². The molecule has 1 N–H and O–H groups in total. The number of nitro groups is 1. The first-order valence-electron chi connectivity index (χ1n) is 15.8. The number of benzene rings is 3. The van der Waals surface area contributed by atoms with E-state index in [1.807, 2.05) is 49.1 Å². The van der Waals surface area contributed by atoms with Gasteiger partial charge in [0.25, 0.3) is 0 Å². The van der Waals surface area contributed by atoms with Gasteiger partial charge in [-0.05, 0) is 86.5 Å². The second-order valence-electron chi connectivity index (χ2n) is 12.3. The normalized spacial score (nSPS) is 16.6. The zero-order valence-corrected chi connectivity index (χ0v) is 25.8. The maximum absolute atomic E-state index is 13.0. The Morgan fingerprint density at radius 2 is 1.61 bits per heavy atom. The van der Waals surface area contributed by atoms with Crippen LogP contribution in [0.2, 0.25) is 0 Å². The number of nitrogens with zero attached hydrogens (tertiary/aromatic N) is 3. The molecule has 2 aliphatic heterocycles. The van der Waals surface area contributed by atoms with E-state index in [1.54, 1.807) is 12.1 Å². The van der Waals surface area contributed by atoms with Crippen LogP contribution in [-0.2, 0) is 4.79 Å². The van der Waals surface area contributed by atoms with E-state index in [0.717, 1.165) is 62.5 Å². The van der Waals surface area contributed by atoms with Gasteiger partial charge in [0.15, 0.2) is 5.75 Å². The van der Waals surface area contributed by atoms with Gasteiger partial charge in [0.2, 0.25) is 5.91 Å². The highest BCUT2D eigenvalue weighted by Gasteiger charge is 2.26. The lowest BCUT2D eigenvalue weighted by Gasteiger charge is -2.35. The zero-order chi connectivity index (χ0) is 30.9. The minimum absolute atomic E-state index is 0.0240. The van der Waals surface area contributed by atoms with Crippen LogP contribution in [0.1, 0.15) is 57.4 Å². The number of para-hydroxylation sites is 1. The number of hydrogen-bond donors (Lipinski definition) is 1. The molecule has 2 saturated heterocycles. The monoisotopic (exact) mass is 600 g/mol. The van der Waals surface area contributed by atoms with Crippen LogP contribution in [0.25, 0.3) is 0 Å². The zero-order valence-electron chi connectivity index (χ0n) is 25.8. The van der Waals surface area contributed by atoms with Crippen LogP contribution in [-0.4, -0.2) is 66.0 Å². The van der Waals surface area contributed by atoms with Gasteiger partial charge in [-0.15, -0.1) is 0 Å². The van der Waals surface area contributed by atoms with E-state index in [1.165, 1.54) is 11.6 Å². The van der Waals surface area contributed by atoms with Crippen LogP contribution in [0.4, 0.5) is 11.4 Å². The average Bonchev–Trinajstić information content (AvgIpc) is 3.04. The van der Waals surface area contributed by atoms with Gasteiger partial charge in [-0.1, -0.05) is 44.2 Å². The standard InChI is InChI=1S/C35H44N4O5/c1-26(2)25-43-34-24-30(10-13-33(34)39(41)42)36-29-16-22-38(23-17-29)35(40)18-21-37-19-14-28(15-20-37)27-8-11-32(12-9-27)44-31-6-4-3-5-7-31/h3-13,24,26,28-29,36H,14-23,25H2,1-2H3. The predicted molar refractivity (Wildman–Crippen MR) is 173 cm³/mol. The molecule has 5 rings (SSSR count). The van der Waals surface area contributed by atoms with Crippen LogP contribution in [0.15, 0.2) is 72.8 Å². The molecular formula is C35H44N4O5. The van der Waals surface area contributed by atoms with Crippen molar-refractivity contribution in [3.05, 3.63) is 88.5 Å². The predicted octanol–water partition coefficient (Wildman–Crippen LogP) is 7.09. The topological polar surface area (TPSA) is 97.2 Å². The second kappa shape index (κ2) is 15.1. The minimum atomic E-state index is -0.409. The fraction of sp³-hybridized carbons (Fsp3) is 0.457. The van der Waals surface area contributed by atoms with Gasteiger partial charge in [0.1, 0.15) is 11.5 Å². The minimum Gasteiger partial charge on any atom is -0.486 e. The summed E-state index contributed by atoms with van der Waals surface area (Å²) in [7, 11) is 0. The molecule has 0 saturated carbocycles. The second-order valence-corrected chi connectivity index (χ2v) is 12.3. The summed E-state index contributed by atoms with van der Waals surface area (Å²) in [6.45, 7) is 8.68. The number of carbonyl (C=O) groups is 1. The molecule has 2 heterocycles. The number of hydrogen-bond acceptors (Lipinski definition) is 7. The summed E-state index contributed by atoms with van der Waals surface area (Å²) in [5, 5.41) is 14.9. The number of nitrogens with one attached hydrogen (secondary N) is 1. The van der Waals surface area contributed by atoms with E-state index in [9.17, 15) is 14.9 Å². The van der Waals surface area contributed by atoms with Crippen LogP contribution in [0.3, 0.4) is 0 Å². The largest absolute Gasteiger partial charge is 0.486 e. The molecule has 0 aromatic heterocycles. The number of rotatable bonds is 12. The van der Waals surface area contributed by atoms with Crippen LogP contribution >= 0.6 is 0 Å². The summed E-state index contributed by atoms with van der Waals surface area (Å²) in [5.41, 5.74) is 2.13. The molecule has 9 heteroatoms. The van der Waals surface area contributed by atoms with Gasteiger partial charge < -0.3 is 24.6 Å². The van der Waals surface area contributed by atoms with Crippen molar-refractivity contribution in [1.82, 2.24) is 9.80 Å². The number of amides is 1. The third-order valence-corrected chi connectivity index (χ3v) is 8.51. The number of piperidine rings is 2. The number of nitro benzene ring substituents is 1. The van der Waals surface area contributed by atoms with Gasteiger partial charge in [-0.25, -0.2) is 0 Å².